The van der Waals surface area contributed by atoms with Crippen molar-refractivity contribution >= 4 is 23.4 Å². The van der Waals surface area contributed by atoms with Gasteiger partial charge in [0.25, 0.3) is 5.91 Å². The summed E-state index contributed by atoms with van der Waals surface area (Å²) >= 11 is 0. The summed E-state index contributed by atoms with van der Waals surface area (Å²) in [6.45, 7) is 1.00. The van der Waals surface area contributed by atoms with E-state index in [1.54, 1.807) is 24.3 Å². The van der Waals surface area contributed by atoms with E-state index in [0.29, 0.717) is 36.3 Å². The highest BCUT2D eigenvalue weighted by Gasteiger charge is 2.23. The number of hydrogen-bond donors (Lipinski definition) is 4. The molecule has 3 amide bonds. The molecule has 4 rings (SSSR count). The van der Waals surface area contributed by atoms with E-state index in [2.05, 4.69) is 25.9 Å². The molecule has 1 aromatic heterocycles. The molecule has 9 nitrogen and oxygen atoms in total. The Bertz CT molecular complexity index is 862. The van der Waals surface area contributed by atoms with E-state index in [0.717, 1.165) is 12.8 Å². The predicted molar refractivity (Wildman–Crippen MR) is 99.1 cm³/mol. The predicted octanol–water partition coefficient (Wildman–Crippen LogP) is 1.14. The molecule has 1 aromatic carbocycles. The maximum Gasteiger partial charge on any atom is 0.319 e. The number of hydrogen-bond acceptors (Lipinski definition) is 6. The van der Waals surface area contributed by atoms with Crippen molar-refractivity contribution in [3.63, 3.8) is 0 Å². The summed E-state index contributed by atoms with van der Waals surface area (Å²) in [6.07, 6.45) is 2.06. The molecule has 2 fully saturated rings. The van der Waals surface area contributed by atoms with Crippen molar-refractivity contribution in [2.24, 2.45) is 0 Å². The van der Waals surface area contributed by atoms with Gasteiger partial charge in [0, 0.05) is 23.4 Å². The molecule has 9 heteroatoms. The number of nitrogens with one attached hydrogen (secondary N) is 3. The van der Waals surface area contributed by atoms with Crippen LogP contribution < -0.4 is 21.7 Å². The average Bonchev–Trinajstić information content (AvgIpc) is 3.42. The minimum absolute atomic E-state index is 0.00397. The van der Waals surface area contributed by atoms with Crippen molar-refractivity contribution in [1.82, 2.24) is 20.6 Å². The van der Waals surface area contributed by atoms with Gasteiger partial charge < -0.3 is 26.4 Å². The van der Waals surface area contributed by atoms with Crippen LogP contribution in [0.4, 0.5) is 16.3 Å². The number of rotatable bonds is 5. The number of carbonyl (C=O) groups is 2. The molecular weight excluding hydrogens is 348 g/mol. The summed E-state index contributed by atoms with van der Waals surface area (Å²) < 4.78 is 5.05. The van der Waals surface area contributed by atoms with Gasteiger partial charge in [0.1, 0.15) is 11.5 Å². The van der Waals surface area contributed by atoms with Gasteiger partial charge >= 0.3 is 6.03 Å². The first-order chi connectivity index (χ1) is 13.1. The molecule has 2 aromatic rings. The van der Waals surface area contributed by atoms with E-state index in [1.165, 1.54) is 6.07 Å². The van der Waals surface area contributed by atoms with Crippen LogP contribution in [0, 0.1) is 0 Å². The Morgan fingerprint density at radius 2 is 1.78 bits per heavy atom. The second kappa shape index (κ2) is 7.20. The van der Waals surface area contributed by atoms with Gasteiger partial charge in [-0.3, -0.25) is 4.79 Å². The van der Waals surface area contributed by atoms with Crippen molar-refractivity contribution in [3.8, 4) is 11.4 Å². The first-order valence-corrected chi connectivity index (χ1v) is 8.78. The monoisotopic (exact) mass is 368 g/mol. The number of ether oxygens (including phenoxy) is 1. The van der Waals surface area contributed by atoms with Crippen molar-refractivity contribution in [1.29, 1.82) is 0 Å². The van der Waals surface area contributed by atoms with Gasteiger partial charge in [-0.2, -0.15) is 0 Å². The lowest BCUT2D eigenvalue weighted by molar-refractivity contribution is -0.00354. The standard InChI is InChI=1S/C18H20N6O3/c19-15-7-14(17(25)20-13-8-27-9-13)23-16(24-15)10-1-3-11(4-2-10)21-18(26)22-12-5-6-12/h1-4,7,12-13H,5-6,8-9H2,(H,20,25)(H2,19,23,24)(H2,21,22,26). The fourth-order valence-corrected chi connectivity index (χ4v) is 2.57. The Kier molecular flexibility index (Phi) is 4.59. The van der Waals surface area contributed by atoms with E-state index < -0.39 is 0 Å². The molecule has 2 aliphatic rings. The Morgan fingerprint density at radius 1 is 1.04 bits per heavy atom. The smallest absolute Gasteiger partial charge is 0.319 e. The van der Waals surface area contributed by atoms with Gasteiger partial charge in [0.2, 0.25) is 0 Å². The van der Waals surface area contributed by atoms with E-state index in [9.17, 15) is 9.59 Å². The number of amides is 3. The summed E-state index contributed by atoms with van der Waals surface area (Å²) in [6, 6.07) is 8.55. The largest absolute Gasteiger partial charge is 0.384 e. The average molecular weight is 368 g/mol. The SMILES string of the molecule is Nc1cc(C(=O)NC2COC2)nc(-c2ccc(NC(=O)NC3CC3)cc2)n1. The maximum atomic E-state index is 12.3. The molecule has 140 valence electrons. The number of aromatic nitrogens is 2. The van der Waals surface area contributed by atoms with Gasteiger partial charge in [-0.05, 0) is 37.1 Å². The number of nitrogens with two attached hydrogens (primary N) is 1. The second-order valence-electron chi connectivity index (χ2n) is 6.66. The van der Waals surface area contributed by atoms with E-state index in [4.69, 9.17) is 10.5 Å². The molecule has 1 aliphatic heterocycles. The van der Waals surface area contributed by atoms with Crippen LogP contribution in [0.25, 0.3) is 11.4 Å². The molecule has 1 aliphatic carbocycles. The highest BCUT2D eigenvalue weighted by atomic mass is 16.5. The minimum atomic E-state index is -0.311. The molecule has 2 heterocycles. The lowest BCUT2D eigenvalue weighted by atomic mass is 10.2. The number of nitrogens with zero attached hydrogens (tertiary/aromatic N) is 2. The molecule has 0 atom stereocenters. The molecule has 0 unspecified atom stereocenters. The molecule has 0 spiro atoms. The van der Waals surface area contributed by atoms with Gasteiger partial charge in [0.15, 0.2) is 5.82 Å². The summed E-state index contributed by atoms with van der Waals surface area (Å²) in [5.74, 6) is 0.244. The normalized spacial score (nSPS) is 16.3. The maximum absolute atomic E-state index is 12.3. The first kappa shape index (κ1) is 17.2. The number of benzene rings is 1. The third-order valence-corrected chi connectivity index (χ3v) is 4.27. The quantitative estimate of drug-likeness (QED) is 0.626. The molecule has 27 heavy (non-hydrogen) atoms. The Balaban J connectivity index is 1.46. The number of nitrogen functional groups attached to an aromatic ring is 1. The first-order valence-electron chi connectivity index (χ1n) is 8.78. The Labute approximate surface area is 155 Å². The third kappa shape index (κ3) is 4.32. The topological polar surface area (TPSA) is 131 Å². The summed E-state index contributed by atoms with van der Waals surface area (Å²) in [5, 5.41) is 8.46. The zero-order valence-electron chi connectivity index (χ0n) is 14.6. The van der Waals surface area contributed by atoms with Gasteiger partial charge in [-0.1, -0.05) is 0 Å². The number of urea groups is 1. The zero-order chi connectivity index (χ0) is 18.8. The second-order valence-corrected chi connectivity index (χ2v) is 6.66. The number of anilines is 2. The van der Waals surface area contributed by atoms with Crippen LogP contribution in [0.2, 0.25) is 0 Å². The lowest BCUT2D eigenvalue weighted by Crippen LogP contribution is -2.48. The summed E-state index contributed by atoms with van der Waals surface area (Å²) in [4.78, 5) is 32.6. The van der Waals surface area contributed by atoms with Crippen LogP contribution in [0.15, 0.2) is 30.3 Å². The lowest BCUT2D eigenvalue weighted by Gasteiger charge is -2.26. The van der Waals surface area contributed by atoms with Crippen LogP contribution in [-0.2, 0) is 4.74 Å². The van der Waals surface area contributed by atoms with Crippen LogP contribution in [-0.4, -0.2) is 47.2 Å². The molecule has 0 bridgehead atoms. The van der Waals surface area contributed by atoms with E-state index >= 15 is 0 Å². The molecular formula is C18H20N6O3. The highest BCUT2D eigenvalue weighted by Crippen LogP contribution is 2.21. The third-order valence-electron chi connectivity index (χ3n) is 4.27. The van der Waals surface area contributed by atoms with Crippen LogP contribution in [0.1, 0.15) is 23.3 Å². The molecule has 0 radical (unpaired) electrons. The number of carbonyl (C=O) groups excluding carboxylic acids is 2. The zero-order valence-corrected chi connectivity index (χ0v) is 14.6. The molecule has 1 saturated heterocycles. The van der Waals surface area contributed by atoms with Gasteiger partial charge in [-0.15, -0.1) is 0 Å². The van der Waals surface area contributed by atoms with Crippen LogP contribution >= 0.6 is 0 Å². The van der Waals surface area contributed by atoms with Crippen LogP contribution in [0.5, 0.6) is 0 Å². The van der Waals surface area contributed by atoms with Crippen molar-refractivity contribution in [3.05, 3.63) is 36.0 Å². The summed E-state index contributed by atoms with van der Waals surface area (Å²) in [7, 11) is 0. The minimum Gasteiger partial charge on any atom is -0.384 e. The highest BCUT2D eigenvalue weighted by molar-refractivity contribution is 5.93. The van der Waals surface area contributed by atoms with Crippen molar-refractivity contribution in [2.75, 3.05) is 24.3 Å². The van der Waals surface area contributed by atoms with Crippen molar-refractivity contribution < 1.29 is 14.3 Å². The Hall–Kier alpha value is -3.20. The van der Waals surface area contributed by atoms with E-state index in [1.807, 2.05) is 0 Å². The van der Waals surface area contributed by atoms with E-state index in [-0.39, 0.29) is 29.5 Å². The van der Waals surface area contributed by atoms with Crippen LogP contribution in [0.3, 0.4) is 0 Å². The molecule has 5 N–H and O–H groups in total. The Morgan fingerprint density at radius 3 is 2.41 bits per heavy atom. The van der Waals surface area contributed by atoms with Gasteiger partial charge in [0.05, 0.1) is 19.3 Å². The van der Waals surface area contributed by atoms with Gasteiger partial charge in [-0.25, -0.2) is 14.8 Å². The van der Waals surface area contributed by atoms with Crippen molar-refractivity contribution in [2.45, 2.75) is 24.9 Å². The fraction of sp³-hybridized carbons (Fsp3) is 0.333. The fourth-order valence-electron chi connectivity index (χ4n) is 2.57. The molecule has 1 saturated carbocycles. The summed E-state index contributed by atoms with van der Waals surface area (Å²) in [5.41, 5.74) is 7.39.